The molecule has 0 aromatic heterocycles. The van der Waals surface area contributed by atoms with Crippen molar-refractivity contribution < 1.29 is 14.3 Å². The maximum absolute atomic E-state index is 12.6. The number of rotatable bonds is 10. The highest BCUT2D eigenvalue weighted by Crippen LogP contribution is 2.39. The summed E-state index contributed by atoms with van der Waals surface area (Å²) in [6, 6.07) is 24.7. The molecule has 194 valence electrons. The van der Waals surface area contributed by atoms with Crippen molar-refractivity contribution in [1.82, 2.24) is 4.90 Å². The van der Waals surface area contributed by atoms with E-state index in [1.54, 1.807) is 4.90 Å². The summed E-state index contributed by atoms with van der Waals surface area (Å²) >= 11 is 0. The van der Waals surface area contributed by atoms with Gasteiger partial charge in [0.2, 0.25) is 6.79 Å². The highest BCUT2D eigenvalue weighted by Gasteiger charge is 2.24. The zero-order valence-electron chi connectivity index (χ0n) is 21.5. The Kier molecular flexibility index (Phi) is 8.26. The molecule has 2 heterocycles. The SMILES string of the molecule is NC(=O)N(CCCc1ccccc1)c1cc2c(cc1CCN1CCC(Cc3ccccc3)CC1)OCO2. The van der Waals surface area contributed by atoms with Gasteiger partial charge in [0, 0.05) is 19.2 Å². The van der Waals surface area contributed by atoms with Gasteiger partial charge < -0.3 is 20.1 Å². The second-order valence-corrected chi connectivity index (χ2v) is 10.1. The Bertz CT molecular complexity index is 1160. The molecule has 0 saturated carbocycles. The molecule has 0 bridgehead atoms. The molecule has 0 spiro atoms. The molecule has 2 amide bonds. The van der Waals surface area contributed by atoms with E-state index in [4.69, 9.17) is 15.2 Å². The van der Waals surface area contributed by atoms with Crippen LogP contribution in [0.15, 0.2) is 72.8 Å². The molecular formula is C31H37N3O3. The fourth-order valence-corrected chi connectivity index (χ4v) is 5.50. The van der Waals surface area contributed by atoms with Gasteiger partial charge in [0.25, 0.3) is 0 Å². The number of piperidine rings is 1. The van der Waals surface area contributed by atoms with Crippen LogP contribution in [0.4, 0.5) is 10.5 Å². The van der Waals surface area contributed by atoms with Crippen LogP contribution in [0.25, 0.3) is 0 Å². The molecule has 3 aromatic carbocycles. The average molecular weight is 500 g/mol. The molecule has 0 atom stereocenters. The van der Waals surface area contributed by atoms with Gasteiger partial charge >= 0.3 is 6.03 Å². The van der Waals surface area contributed by atoms with Crippen molar-refractivity contribution in [2.75, 3.05) is 37.9 Å². The third kappa shape index (κ3) is 6.63. The number of carbonyl (C=O) groups excluding carboxylic acids is 1. The number of anilines is 1. The number of urea groups is 1. The summed E-state index contributed by atoms with van der Waals surface area (Å²) in [5.41, 5.74) is 10.5. The molecule has 2 N–H and O–H groups in total. The average Bonchev–Trinajstić information content (AvgIpc) is 3.39. The maximum Gasteiger partial charge on any atom is 0.319 e. The number of hydrogen-bond acceptors (Lipinski definition) is 4. The van der Waals surface area contributed by atoms with E-state index in [0.29, 0.717) is 12.3 Å². The normalized spacial score (nSPS) is 15.6. The minimum absolute atomic E-state index is 0.206. The van der Waals surface area contributed by atoms with Crippen LogP contribution < -0.4 is 20.1 Å². The monoisotopic (exact) mass is 499 g/mol. The van der Waals surface area contributed by atoms with Gasteiger partial charge in [-0.05, 0) is 80.3 Å². The van der Waals surface area contributed by atoms with Gasteiger partial charge in [-0.1, -0.05) is 60.7 Å². The molecule has 0 radical (unpaired) electrons. The molecule has 6 nitrogen and oxygen atoms in total. The molecule has 2 aliphatic rings. The molecule has 5 rings (SSSR count). The van der Waals surface area contributed by atoms with Crippen LogP contribution in [0, 0.1) is 5.92 Å². The number of aryl methyl sites for hydroxylation is 1. The molecule has 3 aromatic rings. The summed E-state index contributed by atoms with van der Waals surface area (Å²) in [5, 5.41) is 0. The number of likely N-dealkylation sites (tertiary alicyclic amines) is 1. The van der Waals surface area contributed by atoms with Gasteiger partial charge in [-0.25, -0.2) is 4.79 Å². The minimum Gasteiger partial charge on any atom is -0.454 e. The van der Waals surface area contributed by atoms with Crippen LogP contribution >= 0.6 is 0 Å². The second kappa shape index (κ2) is 12.2. The van der Waals surface area contributed by atoms with Gasteiger partial charge in [0.05, 0.1) is 5.69 Å². The first-order valence-corrected chi connectivity index (χ1v) is 13.5. The fourth-order valence-electron chi connectivity index (χ4n) is 5.50. The Morgan fingerprint density at radius 2 is 1.54 bits per heavy atom. The first kappa shape index (κ1) is 25.2. The van der Waals surface area contributed by atoms with Crippen LogP contribution in [0.2, 0.25) is 0 Å². The van der Waals surface area contributed by atoms with Crippen LogP contribution in [-0.2, 0) is 19.3 Å². The third-order valence-electron chi connectivity index (χ3n) is 7.59. The molecular weight excluding hydrogens is 462 g/mol. The number of hydrogen-bond donors (Lipinski definition) is 1. The third-order valence-corrected chi connectivity index (χ3v) is 7.59. The molecule has 0 unspecified atom stereocenters. The Morgan fingerprint density at radius 3 is 2.22 bits per heavy atom. The van der Waals surface area contributed by atoms with Crippen molar-refractivity contribution in [1.29, 1.82) is 0 Å². The standard InChI is InChI=1S/C31H37N3O3/c32-31(35)34(16-7-12-24-8-3-1-4-9-24)28-22-30-29(36-23-37-30)21-27(28)15-19-33-17-13-26(14-18-33)20-25-10-5-2-6-11-25/h1-6,8-11,21-22,26H,7,12-20,23H2,(H2,32,35). The minimum atomic E-state index is -0.435. The topological polar surface area (TPSA) is 68.0 Å². The van der Waals surface area contributed by atoms with Gasteiger partial charge in [0.1, 0.15) is 0 Å². The Hall–Kier alpha value is -3.51. The Labute approximate surface area is 220 Å². The van der Waals surface area contributed by atoms with E-state index < -0.39 is 6.03 Å². The van der Waals surface area contributed by atoms with Gasteiger partial charge in [-0.15, -0.1) is 0 Å². The highest BCUT2D eigenvalue weighted by molar-refractivity contribution is 5.92. The number of ether oxygens (including phenoxy) is 2. The number of benzene rings is 3. The van der Waals surface area contributed by atoms with Crippen LogP contribution in [0.3, 0.4) is 0 Å². The fraction of sp³-hybridized carbons (Fsp3) is 0.387. The first-order valence-electron chi connectivity index (χ1n) is 13.5. The lowest BCUT2D eigenvalue weighted by Gasteiger charge is -2.32. The molecule has 37 heavy (non-hydrogen) atoms. The van der Waals surface area contributed by atoms with E-state index in [1.807, 2.05) is 30.3 Å². The Balaban J connectivity index is 1.22. The maximum atomic E-state index is 12.6. The zero-order valence-corrected chi connectivity index (χ0v) is 21.5. The van der Waals surface area contributed by atoms with Crippen molar-refractivity contribution in [2.45, 2.75) is 38.5 Å². The van der Waals surface area contributed by atoms with Crippen molar-refractivity contribution >= 4 is 11.7 Å². The summed E-state index contributed by atoms with van der Waals surface area (Å²) < 4.78 is 11.3. The lowest BCUT2D eigenvalue weighted by molar-refractivity contribution is 0.174. The van der Waals surface area contributed by atoms with Crippen LogP contribution in [0.1, 0.15) is 36.0 Å². The van der Waals surface area contributed by atoms with E-state index in [0.717, 1.165) is 68.2 Å². The second-order valence-electron chi connectivity index (χ2n) is 10.1. The molecule has 2 aliphatic heterocycles. The van der Waals surface area contributed by atoms with E-state index in [2.05, 4.69) is 47.4 Å². The van der Waals surface area contributed by atoms with E-state index >= 15 is 0 Å². The summed E-state index contributed by atoms with van der Waals surface area (Å²) in [4.78, 5) is 16.8. The van der Waals surface area contributed by atoms with Crippen LogP contribution in [-0.4, -0.2) is 43.9 Å². The lowest BCUT2D eigenvalue weighted by atomic mass is 9.90. The molecule has 6 heteroatoms. The number of amides is 2. The quantitative estimate of drug-likeness (QED) is 0.404. The molecule has 0 aliphatic carbocycles. The summed E-state index contributed by atoms with van der Waals surface area (Å²) in [6.07, 6.45) is 6.15. The number of nitrogens with zero attached hydrogens (tertiary/aromatic N) is 2. The summed E-state index contributed by atoms with van der Waals surface area (Å²) in [6.45, 7) is 3.92. The van der Waals surface area contributed by atoms with Gasteiger partial charge in [-0.3, -0.25) is 4.90 Å². The number of fused-ring (bicyclic) bond motifs is 1. The van der Waals surface area contributed by atoms with Crippen molar-refractivity contribution in [3.63, 3.8) is 0 Å². The summed E-state index contributed by atoms with van der Waals surface area (Å²) in [5.74, 6) is 2.17. The smallest absolute Gasteiger partial charge is 0.319 e. The Morgan fingerprint density at radius 1 is 0.892 bits per heavy atom. The number of carbonyl (C=O) groups is 1. The van der Waals surface area contributed by atoms with Crippen molar-refractivity contribution in [2.24, 2.45) is 11.7 Å². The van der Waals surface area contributed by atoms with Crippen LogP contribution in [0.5, 0.6) is 11.5 Å². The van der Waals surface area contributed by atoms with Crippen molar-refractivity contribution in [3.8, 4) is 11.5 Å². The van der Waals surface area contributed by atoms with Gasteiger partial charge in [0.15, 0.2) is 11.5 Å². The van der Waals surface area contributed by atoms with E-state index in [9.17, 15) is 4.79 Å². The van der Waals surface area contributed by atoms with E-state index in [-0.39, 0.29) is 6.79 Å². The number of nitrogens with two attached hydrogens (primary N) is 1. The predicted octanol–water partition coefficient (Wildman–Crippen LogP) is 5.43. The molecule has 1 fully saturated rings. The zero-order chi connectivity index (χ0) is 25.5. The summed E-state index contributed by atoms with van der Waals surface area (Å²) in [7, 11) is 0. The predicted molar refractivity (Wildman–Crippen MR) is 147 cm³/mol. The van der Waals surface area contributed by atoms with Gasteiger partial charge in [-0.2, -0.15) is 0 Å². The first-order chi connectivity index (χ1) is 18.2. The lowest BCUT2D eigenvalue weighted by Crippen LogP contribution is -2.38. The largest absolute Gasteiger partial charge is 0.454 e. The highest BCUT2D eigenvalue weighted by atomic mass is 16.7. The van der Waals surface area contributed by atoms with Crippen molar-refractivity contribution in [3.05, 3.63) is 89.5 Å². The van der Waals surface area contributed by atoms with E-state index in [1.165, 1.54) is 24.0 Å². The molecule has 1 saturated heterocycles. The number of primary amides is 1.